The third-order valence-corrected chi connectivity index (χ3v) is 5.44. The zero-order chi connectivity index (χ0) is 15.7. The molecule has 0 atom stereocenters. The summed E-state index contributed by atoms with van der Waals surface area (Å²) in [6.45, 7) is 3.42. The van der Waals surface area contributed by atoms with Crippen molar-refractivity contribution in [3.05, 3.63) is 34.9 Å². The molecule has 3 rings (SSSR count). The van der Waals surface area contributed by atoms with E-state index in [0.29, 0.717) is 12.1 Å². The molecule has 2 aliphatic rings. The topological polar surface area (TPSA) is 57.6 Å². The summed E-state index contributed by atoms with van der Waals surface area (Å²) in [5.74, 6) is -0.633. The van der Waals surface area contributed by atoms with E-state index in [0.717, 1.165) is 50.6 Å². The van der Waals surface area contributed by atoms with E-state index in [4.69, 9.17) is 5.11 Å². The molecule has 1 heterocycles. The van der Waals surface area contributed by atoms with Gasteiger partial charge in [-0.1, -0.05) is 25.8 Å². The molecule has 1 aliphatic carbocycles. The fraction of sp³-hybridized carbons (Fsp3) is 0.556. The van der Waals surface area contributed by atoms with Gasteiger partial charge in [-0.05, 0) is 48.9 Å². The lowest BCUT2D eigenvalue weighted by Crippen LogP contribution is -2.44. The zero-order valence-electron chi connectivity index (χ0n) is 13.1. The van der Waals surface area contributed by atoms with Crippen molar-refractivity contribution in [2.24, 2.45) is 5.41 Å². The highest BCUT2D eigenvalue weighted by atomic mass is 16.4. The van der Waals surface area contributed by atoms with Crippen LogP contribution in [0.25, 0.3) is 0 Å². The van der Waals surface area contributed by atoms with Crippen LogP contribution in [0.2, 0.25) is 0 Å². The fourth-order valence-corrected chi connectivity index (χ4v) is 3.97. The van der Waals surface area contributed by atoms with Crippen molar-refractivity contribution in [2.75, 3.05) is 6.54 Å². The minimum Gasteiger partial charge on any atom is -0.478 e. The van der Waals surface area contributed by atoms with E-state index in [2.05, 4.69) is 6.92 Å². The number of carbonyl (C=O) groups excluding carboxylic acids is 1. The summed E-state index contributed by atoms with van der Waals surface area (Å²) >= 11 is 0. The number of hydrogen-bond acceptors (Lipinski definition) is 2. The number of hydrogen-bond donors (Lipinski definition) is 1. The number of amides is 1. The van der Waals surface area contributed by atoms with Gasteiger partial charge in [-0.3, -0.25) is 4.79 Å². The number of nitrogens with zero attached hydrogens (tertiary/aromatic N) is 1. The van der Waals surface area contributed by atoms with E-state index in [-0.39, 0.29) is 11.3 Å². The molecule has 4 heteroatoms. The third-order valence-electron chi connectivity index (χ3n) is 5.44. The van der Waals surface area contributed by atoms with Crippen LogP contribution in [0.3, 0.4) is 0 Å². The highest BCUT2D eigenvalue weighted by Crippen LogP contribution is 2.43. The monoisotopic (exact) mass is 301 g/mol. The van der Waals surface area contributed by atoms with Crippen LogP contribution in [-0.2, 0) is 17.8 Å². The first-order chi connectivity index (χ1) is 10.6. The van der Waals surface area contributed by atoms with Crippen molar-refractivity contribution < 1.29 is 14.7 Å². The number of carboxylic acid groups (broad SMARTS) is 1. The molecule has 0 saturated heterocycles. The first-order valence-corrected chi connectivity index (χ1v) is 8.20. The lowest BCUT2D eigenvalue weighted by atomic mass is 9.81. The third kappa shape index (κ3) is 2.51. The average Bonchev–Trinajstić information content (AvgIpc) is 3.03. The van der Waals surface area contributed by atoms with E-state index in [9.17, 15) is 9.59 Å². The lowest BCUT2D eigenvalue weighted by Gasteiger charge is -2.36. The summed E-state index contributed by atoms with van der Waals surface area (Å²) in [4.78, 5) is 26.1. The molecule has 1 fully saturated rings. The Labute approximate surface area is 131 Å². The lowest BCUT2D eigenvalue weighted by molar-refractivity contribution is -0.143. The predicted octanol–water partition coefficient (Wildman–Crippen LogP) is 3.24. The molecule has 1 N–H and O–H groups in total. The summed E-state index contributed by atoms with van der Waals surface area (Å²) < 4.78 is 0. The number of carbonyl (C=O) groups is 2. The molecule has 1 aliphatic heterocycles. The molecule has 0 unspecified atom stereocenters. The molecule has 1 saturated carbocycles. The van der Waals surface area contributed by atoms with Gasteiger partial charge in [-0.2, -0.15) is 0 Å². The molecular weight excluding hydrogens is 278 g/mol. The van der Waals surface area contributed by atoms with Crippen LogP contribution in [0.5, 0.6) is 0 Å². The smallest absolute Gasteiger partial charge is 0.335 e. The Morgan fingerprint density at radius 1 is 1.23 bits per heavy atom. The largest absolute Gasteiger partial charge is 0.478 e. The Morgan fingerprint density at radius 2 is 1.95 bits per heavy atom. The van der Waals surface area contributed by atoms with Gasteiger partial charge in [-0.25, -0.2) is 4.79 Å². The van der Waals surface area contributed by atoms with Crippen molar-refractivity contribution in [3.8, 4) is 0 Å². The molecule has 0 spiro atoms. The second-order valence-electron chi connectivity index (χ2n) is 6.61. The van der Waals surface area contributed by atoms with E-state index in [1.165, 1.54) is 5.56 Å². The summed E-state index contributed by atoms with van der Waals surface area (Å²) in [6.07, 6.45) is 6.02. The first kappa shape index (κ1) is 15.1. The van der Waals surface area contributed by atoms with Gasteiger partial charge < -0.3 is 10.0 Å². The van der Waals surface area contributed by atoms with Gasteiger partial charge in [0.05, 0.1) is 5.56 Å². The SMILES string of the molecule is CCC1(C(=O)N2CCc3ccc(C(=O)O)cc3C2)CCCC1. The van der Waals surface area contributed by atoms with Gasteiger partial charge in [-0.15, -0.1) is 0 Å². The molecule has 22 heavy (non-hydrogen) atoms. The Bertz CT molecular complexity index is 602. The maximum Gasteiger partial charge on any atom is 0.335 e. The molecule has 4 nitrogen and oxygen atoms in total. The molecule has 118 valence electrons. The molecule has 0 bridgehead atoms. The van der Waals surface area contributed by atoms with Crippen molar-refractivity contribution in [3.63, 3.8) is 0 Å². The first-order valence-electron chi connectivity index (χ1n) is 8.20. The van der Waals surface area contributed by atoms with E-state index >= 15 is 0 Å². The quantitative estimate of drug-likeness (QED) is 0.932. The minimum atomic E-state index is -0.910. The maximum atomic E-state index is 13.0. The van der Waals surface area contributed by atoms with Gasteiger partial charge >= 0.3 is 5.97 Å². The fourth-order valence-electron chi connectivity index (χ4n) is 3.97. The normalized spacial score (nSPS) is 19.8. The minimum absolute atomic E-state index is 0.165. The van der Waals surface area contributed by atoms with E-state index in [1.54, 1.807) is 12.1 Å². The second-order valence-corrected chi connectivity index (χ2v) is 6.61. The summed E-state index contributed by atoms with van der Waals surface area (Å²) in [6, 6.07) is 5.28. The van der Waals surface area contributed by atoms with Crippen LogP contribution in [0, 0.1) is 5.41 Å². The van der Waals surface area contributed by atoms with Crippen LogP contribution in [0.4, 0.5) is 0 Å². The summed E-state index contributed by atoms with van der Waals surface area (Å²) in [5, 5.41) is 9.13. The highest BCUT2D eigenvalue weighted by molar-refractivity contribution is 5.88. The van der Waals surface area contributed by atoms with Gasteiger partial charge in [0.15, 0.2) is 0 Å². The Balaban J connectivity index is 1.82. The number of rotatable bonds is 3. The maximum absolute atomic E-state index is 13.0. The van der Waals surface area contributed by atoms with Gasteiger partial charge in [0, 0.05) is 18.5 Å². The van der Waals surface area contributed by atoms with Gasteiger partial charge in [0.25, 0.3) is 0 Å². The van der Waals surface area contributed by atoms with Crippen LogP contribution in [0.1, 0.15) is 60.5 Å². The Hall–Kier alpha value is -1.84. The summed E-state index contributed by atoms with van der Waals surface area (Å²) in [5.41, 5.74) is 2.30. The molecule has 1 amide bonds. The zero-order valence-corrected chi connectivity index (χ0v) is 13.1. The molecular formula is C18H23NO3. The van der Waals surface area contributed by atoms with Gasteiger partial charge in [0.2, 0.25) is 5.91 Å². The van der Waals surface area contributed by atoms with E-state index < -0.39 is 5.97 Å². The predicted molar refractivity (Wildman–Crippen MR) is 83.7 cm³/mol. The Morgan fingerprint density at radius 3 is 2.59 bits per heavy atom. The van der Waals surface area contributed by atoms with Gasteiger partial charge in [0.1, 0.15) is 0 Å². The standard InChI is InChI=1S/C18H23NO3/c1-2-18(8-3-4-9-18)17(22)19-10-7-13-5-6-14(16(20)21)11-15(13)12-19/h5-6,11H,2-4,7-10,12H2,1H3,(H,20,21). The van der Waals surface area contributed by atoms with Crippen LogP contribution >= 0.6 is 0 Å². The van der Waals surface area contributed by atoms with Crippen molar-refractivity contribution in [1.29, 1.82) is 0 Å². The molecule has 0 radical (unpaired) electrons. The highest BCUT2D eigenvalue weighted by Gasteiger charge is 2.42. The second kappa shape index (κ2) is 5.75. The van der Waals surface area contributed by atoms with E-state index in [1.807, 2.05) is 11.0 Å². The number of fused-ring (bicyclic) bond motifs is 1. The number of carboxylic acids is 1. The van der Waals surface area contributed by atoms with Crippen molar-refractivity contribution in [2.45, 2.75) is 52.0 Å². The molecule has 1 aromatic rings. The van der Waals surface area contributed by atoms with Crippen molar-refractivity contribution in [1.82, 2.24) is 4.90 Å². The van der Waals surface area contributed by atoms with Crippen LogP contribution < -0.4 is 0 Å². The molecule has 0 aromatic heterocycles. The number of benzene rings is 1. The Kier molecular flexibility index (Phi) is 3.94. The average molecular weight is 301 g/mol. The summed E-state index contributed by atoms with van der Waals surface area (Å²) in [7, 11) is 0. The number of aromatic carboxylic acids is 1. The van der Waals surface area contributed by atoms with Crippen LogP contribution in [0.15, 0.2) is 18.2 Å². The van der Waals surface area contributed by atoms with Crippen molar-refractivity contribution >= 4 is 11.9 Å². The van der Waals surface area contributed by atoms with Crippen LogP contribution in [-0.4, -0.2) is 28.4 Å². The molecule has 1 aromatic carbocycles.